The monoisotopic (exact) mass is 223 g/mol. The number of hydrogen-bond acceptors (Lipinski definition) is 2. The van der Waals surface area contributed by atoms with Gasteiger partial charge in [-0.1, -0.05) is 27.7 Å². The molecule has 1 rings (SSSR count). The highest BCUT2D eigenvalue weighted by Crippen LogP contribution is 2.20. The fourth-order valence-electron chi connectivity index (χ4n) is 1.54. The van der Waals surface area contributed by atoms with Crippen molar-refractivity contribution in [3.63, 3.8) is 0 Å². The van der Waals surface area contributed by atoms with Gasteiger partial charge in [0.1, 0.15) is 0 Å². The van der Waals surface area contributed by atoms with Gasteiger partial charge in [0.2, 0.25) is 5.95 Å². The number of aryl methyl sites for hydroxylation is 2. The van der Waals surface area contributed by atoms with Crippen LogP contribution in [0, 0.1) is 12.3 Å². The zero-order chi connectivity index (χ0) is 12.2. The van der Waals surface area contributed by atoms with Crippen molar-refractivity contribution in [3.8, 4) is 0 Å². The fraction of sp³-hybridized carbons (Fsp3) is 0.769. The molecule has 1 aromatic rings. The van der Waals surface area contributed by atoms with Crippen molar-refractivity contribution in [2.45, 2.75) is 54.0 Å². The molecular weight excluding hydrogens is 198 g/mol. The molecule has 0 radical (unpaired) electrons. The number of hydrogen-bond donors (Lipinski definition) is 1. The minimum atomic E-state index is 0.330. The van der Waals surface area contributed by atoms with Crippen molar-refractivity contribution >= 4 is 5.95 Å². The molecule has 0 saturated heterocycles. The van der Waals surface area contributed by atoms with E-state index in [0.29, 0.717) is 5.41 Å². The second-order valence-electron chi connectivity index (χ2n) is 5.27. The number of nitrogens with one attached hydrogen (secondary N) is 1. The van der Waals surface area contributed by atoms with Crippen molar-refractivity contribution in [1.29, 1.82) is 0 Å². The Morgan fingerprint density at radius 3 is 2.62 bits per heavy atom. The van der Waals surface area contributed by atoms with Crippen LogP contribution in [0.4, 0.5) is 5.95 Å². The van der Waals surface area contributed by atoms with E-state index in [0.717, 1.165) is 31.2 Å². The van der Waals surface area contributed by atoms with Gasteiger partial charge >= 0.3 is 0 Å². The smallest absolute Gasteiger partial charge is 0.203 e. The number of rotatable bonds is 6. The third-order valence-electron chi connectivity index (χ3n) is 3.04. The summed E-state index contributed by atoms with van der Waals surface area (Å²) < 4.78 is 2.21. The Morgan fingerprint density at radius 1 is 1.38 bits per heavy atom. The summed E-state index contributed by atoms with van der Waals surface area (Å²) >= 11 is 0. The molecule has 0 amide bonds. The predicted octanol–water partition coefficient (Wildman–Crippen LogP) is 3.45. The molecule has 0 aliphatic rings. The lowest BCUT2D eigenvalue weighted by molar-refractivity contribution is 0.375. The van der Waals surface area contributed by atoms with Gasteiger partial charge in [0, 0.05) is 19.3 Å². The van der Waals surface area contributed by atoms with Gasteiger partial charge in [-0.25, -0.2) is 4.98 Å². The standard InChI is InChI=1S/C13H25N3/c1-6-8-16-9-11(3)15-12(16)14-10-13(4,5)7-2/h9H,6-8,10H2,1-5H3,(H,14,15). The van der Waals surface area contributed by atoms with Gasteiger partial charge in [-0.15, -0.1) is 0 Å². The first-order chi connectivity index (χ1) is 7.48. The third kappa shape index (κ3) is 3.54. The summed E-state index contributed by atoms with van der Waals surface area (Å²) in [5.41, 5.74) is 1.42. The first-order valence-electron chi connectivity index (χ1n) is 6.26. The Labute approximate surface area is 99.3 Å². The van der Waals surface area contributed by atoms with Gasteiger partial charge in [-0.3, -0.25) is 0 Å². The first kappa shape index (κ1) is 13.1. The molecule has 0 aliphatic carbocycles. The van der Waals surface area contributed by atoms with Crippen LogP contribution < -0.4 is 5.32 Å². The van der Waals surface area contributed by atoms with E-state index >= 15 is 0 Å². The molecular formula is C13H25N3. The van der Waals surface area contributed by atoms with Gasteiger partial charge < -0.3 is 9.88 Å². The Bertz CT molecular complexity index is 326. The van der Waals surface area contributed by atoms with Gasteiger partial charge in [0.05, 0.1) is 5.69 Å². The van der Waals surface area contributed by atoms with Gasteiger partial charge in [-0.05, 0) is 25.2 Å². The summed E-state index contributed by atoms with van der Waals surface area (Å²) in [5, 5.41) is 3.46. The molecule has 1 N–H and O–H groups in total. The van der Waals surface area contributed by atoms with E-state index in [1.54, 1.807) is 0 Å². The molecule has 1 aromatic heterocycles. The molecule has 3 nitrogen and oxygen atoms in total. The Kier molecular flexibility index (Phi) is 4.39. The second-order valence-corrected chi connectivity index (χ2v) is 5.27. The summed E-state index contributed by atoms with van der Waals surface area (Å²) in [7, 11) is 0. The van der Waals surface area contributed by atoms with E-state index < -0.39 is 0 Å². The van der Waals surface area contributed by atoms with Crippen molar-refractivity contribution < 1.29 is 0 Å². The maximum atomic E-state index is 4.52. The summed E-state index contributed by atoms with van der Waals surface area (Å²) in [4.78, 5) is 4.52. The van der Waals surface area contributed by atoms with Crippen molar-refractivity contribution in [1.82, 2.24) is 9.55 Å². The summed E-state index contributed by atoms with van der Waals surface area (Å²) in [6.45, 7) is 13.0. The lowest BCUT2D eigenvalue weighted by Gasteiger charge is -2.23. The maximum Gasteiger partial charge on any atom is 0.203 e. The minimum Gasteiger partial charge on any atom is -0.355 e. The molecule has 0 unspecified atom stereocenters. The molecule has 0 spiro atoms. The van der Waals surface area contributed by atoms with E-state index in [2.05, 4.69) is 48.8 Å². The average molecular weight is 223 g/mol. The lowest BCUT2D eigenvalue weighted by atomic mass is 9.90. The van der Waals surface area contributed by atoms with E-state index in [9.17, 15) is 0 Å². The van der Waals surface area contributed by atoms with Crippen LogP contribution in [0.3, 0.4) is 0 Å². The summed E-state index contributed by atoms with van der Waals surface area (Å²) in [5.74, 6) is 1.01. The highest BCUT2D eigenvalue weighted by Gasteiger charge is 2.15. The van der Waals surface area contributed by atoms with Crippen LogP contribution in [-0.4, -0.2) is 16.1 Å². The Balaban J connectivity index is 2.65. The van der Waals surface area contributed by atoms with Crippen molar-refractivity contribution in [2.24, 2.45) is 5.41 Å². The number of nitrogens with zero attached hydrogens (tertiary/aromatic N) is 2. The second kappa shape index (κ2) is 5.37. The van der Waals surface area contributed by atoms with Crippen LogP contribution in [0.25, 0.3) is 0 Å². The minimum absolute atomic E-state index is 0.330. The average Bonchev–Trinajstić information content (AvgIpc) is 2.57. The number of imidazole rings is 1. The highest BCUT2D eigenvalue weighted by molar-refractivity contribution is 5.29. The zero-order valence-corrected chi connectivity index (χ0v) is 11.3. The summed E-state index contributed by atoms with van der Waals surface area (Å²) in [6, 6.07) is 0. The maximum absolute atomic E-state index is 4.52. The van der Waals surface area contributed by atoms with Gasteiger partial charge in [0.25, 0.3) is 0 Å². The molecule has 92 valence electrons. The first-order valence-corrected chi connectivity index (χ1v) is 6.26. The van der Waals surface area contributed by atoms with Gasteiger partial charge in [0.15, 0.2) is 0 Å². The third-order valence-corrected chi connectivity index (χ3v) is 3.04. The summed E-state index contributed by atoms with van der Waals surface area (Å²) in [6.07, 6.45) is 4.43. The quantitative estimate of drug-likeness (QED) is 0.800. The molecule has 0 bridgehead atoms. The normalized spacial score (nSPS) is 11.8. The fourth-order valence-corrected chi connectivity index (χ4v) is 1.54. The highest BCUT2D eigenvalue weighted by atomic mass is 15.2. The number of aromatic nitrogens is 2. The van der Waals surface area contributed by atoms with Crippen LogP contribution in [0.2, 0.25) is 0 Å². The molecule has 0 aliphatic heterocycles. The molecule has 0 atom stereocenters. The van der Waals surface area contributed by atoms with Crippen molar-refractivity contribution in [3.05, 3.63) is 11.9 Å². The van der Waals surface area contributed by atoms with Crippen LogP contribution >= 0.6 is 0 Å². The molecule has 3 heteroatoms. The van der Waals surface area contributed by atoms with E-state index in [-0.39, 0.29) is 0 Å². The zero-order valence-electron chi connectivity index (χ0n) is 11.3. The molecule has 0 fully saturated rings. The molecule has 16 heavy (non-hydrogen) atoms. The Morgan fingerprint density at radius 2 is 2.06 bits per heavy atom. The van der Waals surface area contributed by atoms with Crippen LogP contribution in [-0.2, 0) is 6.54 Å². The van der Waals surface area contributed by atoms with Crippen LogP contribution in [0.1, 0.15) is 46.2 Å². The predicted molar refractivity (Wildman–Crippen MR) is 69.8 cm³/mol. The van der Waals surface area contributed by atoms with Gasteiger partial charge in [-0.2, -0.15) is 0 Å². The number of anilines is 1. The largest absolute Gasteiger partial charge is 0.355 e. The molecule has 0 aromatic carbocycles. The SMILES string of the molecule is CCCn1cc(C)nc1NCC(C)(C)CC. The van der Waals surface area contributed by atoms with Crippen LogP contribution in [0.5, 0.6) is 0 Å². The van der Waals surface area contributed by atoms with E-state index in [4.69, 9.17) is 0 Å². The molecule has 1 heterocycles. The van der Waals surface area contributed by atoms with Crippen LogP contribution in [0.15, 0.2) is 6.20 Å². The molecule has 0 saturated carbocycles. The topological polar surface area (TPSA) is 29.9 Å². The van der Waals surface area contributed by atoms with E-state index in [1.165, 1.54) is 6.42 Å². The Hall–Kier alpha value is -0.990. The lowest BCUT2D eigenvalue weighted by Crippen LogP contribution is -2.23. The van der Waals surface area contributed by atoms with Crippen molar-refractivity contribution in [2.75, 3.05) is 11.9 Å². The van der Waals surface area contributed by atoms with E-state index in [1.807, 2.05) is 6.92 Å².